The van der Waals surface area contributed by atoms with Crippen molar-refractivity contribution in [2.75, 3.05) is 12.8 Å². The number of rotatable bonds is 3. The molecule has 1 aromatic carbocycles. The lowest BCUT2D eigenvalue weighted by atomic mass is 10.0. The van der Waals surface area contributed by atoms with Crippen LogP contribution in [0.25, 0.3) is 0 Å². The summed E-state index contributed by atoms with van der Waals surface area (Å²) in [6.07, 6.45) is 3.33. The normalized spacial score (nSPS) is 27.1. The van der Waals surface area contributed by atoms with Gasteiger partial charge in [-0.2, -0.15) is 0 Å². The average molecular weight is 291 g/mol. The molecule has 2 aliphatic rings. The molecule has 1 aromatic rings. The van der Waals surface area contributed by atoms with Gasteiger partial charge in [-0.15, -0.1) is 0 Å². The summed E-state index contributed by atoms with van der Waals surface area (Å²) < 4.78 is 16.9. The maximum atomic E-state index is 12.0. The van der Waals surface area contributed by atoms with Crippen LogP contribution >= 0.6 is 0 Å². The van der Waals surface area contributed by atoms with Crippen molar-refractivity contribution in [1.82, 2.24) is 0 Å². The summed E-state index contributed by atoms with van der Waals surface area (Å²) >= 11 is 0. The second-order valence-electron chi connectivity index (χ2n) is 5.74. The molecule has 2 fully saturated rings. The molecule has 3 rings (SSSR count). The van der Waals surface area contributed by atoms with E-state index in [0.29, 0.717) is 12.1 Å². The predicted octanol–water partition coefficient (Wildman–Crippen LogP) is 2.04. The highest BCUT2D eigenvalue weighted by Crippen LogP contribution is 2.43. The van der Waals surface area contributed by atoms with Gasteiger partial charge in [0.1, 0.15) is 6.10 Å². The molecule has 0 bridgehead atoms. The number of anilines is 1. The molecule has 1 heterocycles. The summed E-state index contributed by atoms with van der Waals surface area (Å²) in [4.78, 5) is 12.0. The molecule has 0 radical (unpaired) electrons. The Morgan fingerprint density at radius 3 is 2.71 bits per heavy atom. The Morgan fingerprint density at radius 2 is 2.05 bits per heavy atom. The Bertz CT molecular complexity index is 525. The first-order valence-corrected chi connectivity index (χ1v) is 7.40. The van der Waals surface area contributed by atoms with E-state index in [4.69, 9.17) is 19.9 Å². The van der Waals surface area contributed by atoms with Crippen molar-refractivity contribution in [2.24, 2.45) is 0 Å². The third kappa shape index (κ3) is 2.76. The molecule has 1 aliphatic heterocycles. The molecule has 1 spiro atoms. The van der Waals surface area contributed by atoms with Gasteiger partial charge in [-0.25, -0.2) is 4.79 Å². The Hall–Kier alpha value is -1.59. The zero-order valence-corrected chi connectivity index (χ0v) is 12.2. The van der Waals surface area contributed by atoms with Crippen LogP contribution in [0.2, 0.25) is 0 Å². The molecule has 0 aromatic heterocycles. The number of para-hydroxylation sites is 1. The molecular formula is C16H21NO4. The second-order valence-corrected chi connectivity index (χ2v) is 5.74. The van der Waals surface area contributed by atoms with Crippen molar-refractivity contribution >= 4 is 11.7 Å². The van der Waals surface area contributed by atoms with Gasteiger partial charge in [0.05, 0.1) is 7.11 Å². The predicted molar refractivity (Wildman–Crippen MR) is 77.5 cm³/mol. The number of esters is 1. The zero-order valence-electron chi connectivity index (χ0n) is 12.2. The minimum Gasteiger partial charge on any atom is -0.467 e. The minimum absolute atomic E-state index is 0.347. The fourth-order valence-electron chi connectivity index (χ4n) is 3.22. The first kappa shape index (κ1) is 14.4. The summed E-state index contributed by atoms with van der Waals surface area (Å²) in [5.74, 6) is -0.981. The molecule has 0 amide bonds. The van der Waals surface area contributed by atoms with E-state index in [0.717, 1.165) is 31.2 Å². The van der Waals surface area contributed by atoms with Crippen LogP contribution in [0.1, 0.15) is 31.2 Å². The van der Waals surface area contributed by atoms with Gasteiger partial charge in [0.15, 0.2) is 11.9 Å². The lowest BCUT2D eigenvalue weighted by Gasteiger charge is -2.21. The van der Waals surface area contributed by atoms with Crippen molar-refractivity contribution in [3.63, 3.8) is 0 Å². The number of benzene rings is 1. The quantitative estimate of drug-likeness (QED) is 0.681. The molecule has 1 saturated carbocycles. The van der Waals surface area contributed by atoms with E-state index in [-0.39, 0.29) is 12.1 Å². The van der Waals surface area contributed by atoms with Gasteiger partial charge in [0.2, 0.25) is 0 Å². The molecule has 1 aliphatic carbocycles. The molecule has 2 N–H and O–H groups in total. The Balaban J connectivity index is 1.81. The molecule has 5 heteroatoms. The number of carbonyl (C=O) groups is 1. The Labute approximate surface area is 124 Å². The lowest BCUT2D eigenvalue weighted by Crippen LogP contribution is -2.34. The molecule has 2 atom stereocenters. The van der Waals surface area contributed by atoms with Crippen molar-refractivity contribution in [1.29, 1.82) is 0 Å². The fraction of sp³-hybridized carbons (Fsp3) is 0.562. The number of methoxy groups -OCH3 is 1. The molecule has 5 nitrogen and oxygen atoms in total. The third-order valence-electron chi connectivity index (χ3n) is 4.32. The van der Waals surface area contributed by atoms with E-state index in [9.17, 15) is 4.79 Å². The van der Waals surface area contributed by atoms with Gasteiger partial charge < -0.3 is 19.9 Å². The standard InChI is InChI=1S/C16H21NO4/c1-19-15(18)14-13(10-11-6-2-3-7-12(11)17)20-16(21-14)8-4-5-9-16/h2-3,6-7,13-14H,4-5,8-10,17H2,1H3/t13-,14+/m1/s1. The second kappa shape index (κ2) is 5.66. The van der Waals surface area contributed by atoms with E-state index >= 15 is 0 Å². The van der Waals surface area contributed by atoms with E-state index in [1.807, 2.05) is 24.3 Å². The number of hydrogen-bond acceptors (Lipinski definition) is 5. The van der Waals surface area contributed by atoms with Crippen LogP contribution in [-0.4, -0.2) is 31.1 Å². The van der Waals surface area contributed by atoms with E-state index < -0.39 is 11.9 Å². The zero-order chi connectivity index (χ0) is 14.9. The van der Waals surface area contributed by atoms with Crippen molar-refractivity contribution in [3.05, 3.63) is 29.8 Å². The van der Waals surface area contributed by atoms with Crippen molar-refractivity contribution in [2.45, 2.75) is 50.1 Å². The Kier molecular flexibility index (Phi) is 3.87. The van der Waals surface area contributed by atoms with E-state index in [1.54, 1.807) is 0 Å². The van der Waals surface area contributed by atoms with Crippen LogP contribution in [0.5, 0.6) is 0 Å². The van der Waals surface area contributed by atoms with E-state index in [2.05, 4.69) is 0 Å². The van der Waals surface area contributed by atoms with Crippen LogP contribution in [0, 0.1) is 0 Å². The van der Waals surface area contributed by atoms with E-state index in [1.165, 1.54) is 7.11 Å². The van der Waals surface area contributed by atoms with Gasteiger partial charge in [-0.1, -0.05) is 18.2 Å². The summed E-state index contributed by atoms with van der Waals surface area (Å²) in [5, 5.41) is 0. The molecule has 21 heavy (non-hydrogen) atoms. The van der Waals surface area contributed by atoms with Crippen LogP contribution in [0.4, 0.5) is 5.69 Å². The lowest BCUT2D eigenvalue weighted by molar-refractivity contribution is -0.180. The van der Waals surface area contributed by atoms with Crippen LogP contribution in [0.15, 0.2) is 24.3 Å². The molecule has 0 unspecified atom stereocenters. The summed E-state index contributed by atoms with van der Waals surface area (Å²) in [6, 6.07) is 7.62. The maximum absolute atomic E-state index is 12.0. The number of hydrogen-bond donors (Lipinski definition) is 1. The number of ether oxygens (including phenoxy) is 3. The van der Waals surface area contributed by atoms with Gasteiger partial charge in [0.25, 0.3) is 0 Å². The minimum atomic E-state index is -0.673. The topological polar surface area (TPSA) is 70.8 Å². The van der Waals surface area contributed by atoms with Crippen LogP contribution < -0.4 is 5.73 Å². The number of nitrogen functional groups attached to an aromatic ring is 1. The molecular weight excluding hydrogens is 270 g/mol. The largest absolute Gasteiger partial charge is 0.467 e. The van der Waals surface area contributed by atoms with Gasteiger partial charge in [0, 0.05) is 24.9 Å². The number of carbonyl (C=O) groups excluding carboxylic acids is 1. The maximum Gasteiger partial charge on any atom is 0.337 e. The first-order chi connectivity index (χ1) is 10.1. The van der Waals surface area contributed by atoms with Crippen molar-refractivity contribution in [3.8, 4) is 0 Å². The van der Waals surface area contributed by atoms with Crippen LogP contribution in [-0.2, 0) is 25.4 Å². The first-order valence-electron chi connectivity index (χ1n) is 7.40. The highest BCUT2D eigenvalue weighted by Gasteiger charge is 2.52. The summed E-state index contributed by atoms with van der Waals surface area (Å²) in [5.41, 5.74) is 7.66. The monoisotopic (exact) mass is 291 g/mol. The highest BCUT2D eigenvalue weighted by molar-refractivity contribution is 5.75. The fourth-order valence-corrected chi connectivity index (χ4v) is 3.22. The van der Waals surface area contributed by atoms with Crippen molar-refractivity contribution < 1.29 is 19.0 Å². The van der Waals surface area contributed by atoms with Gasteiger partial charge in [-0.05, 0) is 24.5 Å². The van der Waals surface area contributed by atoms with Gasteiger partial charge >= 0.3 is 5.97 Å². The average Bonchev–Trinajstić information content (AvgIpc) is 3.08. The summed E-state index contributed by atoms with van der Waals surface area (Å²) in [6.45, 7) is 0. The molecule has 114 valence electrons. The third-order valence-corrected chi connectivity index (χ3v) is 4.32. The molecule has 1 saturated heterocycles. The summed E-state index contributed by atoms with van der Waals surface area (Å²) in [7, 11) is 1.37. The Morgan fingerprint density at radius 1 is 1.33 bits per heavy atom. The van der Waals surface area contributed by atoms with Gasteiger partial charge in [-0.3, -0.25) is 0 Å². The number of nitrogens with two attached hydrogens (primary N) is 1. The van der Waals surface area contributed by atoms with Crippen LogP contribution in [0.3, 0.4) is 0 Å². The smallest absolute Gasteiger partial charge is 0.337 e. The highest BCUT2D eigenvalue weighted by atomic mass is 16.8. The SMILES string of the molecule is COC(=O)[C@H]1OC2(CCCC2)O[C@@H]1Cc1ccccc1N.